The topological polar surface area (TPSA) is 39.1 Å². The van der Waals surface area contributed by atoms with Gasteiger partial charge in [0, 0.05) is 13.2 Å². The monoisotopic (exact) mass is 285 g/mol. The molecule has 1 heterocycles. The molecule has 2 rings (SSSR count). The van der Waals surface area contributed by atoms with Gasteiger partial charge in [-0.2, -0.15) is 5.10 Å². The molecule has 1 aromatic carbocycles. The first-order valence-electron chi connectivity index (χ1n) is 5.91. The molecule has 1 unspecified atom stereocenters. The summed E-state index contributed by atoms with van der Waals surface area (Å²) in [5, 5.41) is 7.19. The second kappa shape index (κ2) is 5.54. The third-order valence-electron chi connectivity index (χ3n) is 2.89. The highest BCUT2D eigenvalue weighted by Gasteiger charge is 2.31. The maximum atomic E-state index is 12.1. The molecule has 0 aliphatic rings. The fourth-order valence-corrected chi connectivity index (χ4v) is 2.01. The van der Waals surface area contributed by atoms with Crippen molar-refractivity contribution in [2.45, 2.75) is 12.4 Å². The number of hydrogen-bond acceptors (Lipinski definition) is 3. The van der Waals surface area contributed by atoms with Crippen LogP contribution in [0.25, 0.3) is 0 Å². The number of aryl methyl sites for hydroxylation is 1. The first kappa shape index (κ1) is 14.4. The Morgan fingerprint density at radius 1 is 1.20 bits per heavy atom. The molecule has 1 aromatic heterocycles. The Hall–Kier alpha value is -2.02. The van der Waals surface area contributed by atoms with Gasteiger partial charge in [0.15, 0.2) is 0 Å². The van der Waals surface area contributed by atoms with Crippen LogP contribution in [0.2, 0.25) is 0 Å². The Bertz CT molecular complexity index is 563. The first-order chi connectivity index (χ1) is 9.40. The van der Waals surface area contributed by atoms with Gasteiger partial charge in [0.2, 0.25) is 0 Å². The van der Waals surface area contributed by atoms with Gasteiger partial charge >= 0.3 is 6.36 Å². The molecule has 1 N–H and O–H groups in total. The zero-order valence-electron chi connectivity index (χ0n) is 11.0. The molecule has 4 nitrogen and oxygen atoms in total. The summed E-state index contributed by atoms with van der Waals surface area (Å²) in [6, 6.07) is 7.47. The standard InChI is InChI=1S/C13H14F3N3O/c1-17-12(11-7-8-18-19(11)2)9-3-5-10(6-4-9)20-13(14,15)16/h3-8,12,17H,1-2H3. The summed E-state index contributed by atoms with van der Waals surface area (Å²) < 4.78 is 41.8. The number of nitrogens with one attached hydrogen (secondary N) is 1. The summed E-state index contributed by atoms with van der Waals surface area (Å²) in [6.45, 7) is 0. The molecule has 0 aliphatic heterocycles. The smallest absolute Gasteiger partial charge is 0.406 e. The summed E-state index contributed by atoms with van der Waals surface area (Å²) in [4.78, 5) is 0. The van der Waals surface area contributed by atoms with E-state index in [1.807, 2.05) is 6.07 Å². The molecule has 0 fully saturated rings. The van der Waals surface area contributed by atoms with E-state index < -0.39 is 6.36 Å². The molecular weight excluding hydrogens is 271 g/mol. The Morgan fingerprint density at radius 3 is 2.30 bits per heavy atom. The Labute approximate surface area is 114 Å². The lowest BCUT2D eigenvalue weighted by molar-refractivity contribution is -0.274. The van der Waals surface area contributed by atoms with Crippen molar-refractivity contribution in [1.82, 2.24) is 15.1 Å². The molecule has 7 heteroatoms. The van der Waals surface area contributed by atoms with E-state index in [-0.39, 0.29) is 11.8 Å². The zero-order chi connectivity index (χ0) is 14.8. The van der Waals surface area contributed by atoms with Gasteiger partial charge in [-0.3, -0.25) is 4.68 Å². The van der Waals surface area contributed by atoms with Crippen molar-refractivity contribution in [3.63, 3.8) is 0 Å². The summed E-state index contributed by atoms with van der Waals surface area (Å²) in [5.74, 6) is -0.235. The van der Waals surface area contributed by atoms with Gasteiger partial charge in [-0.1, -0.05) is 12.1 Å². The first-order valence-corrected chi connectivity index (χ1v) is 5.91. The van der Waals surface area contributed by atoms with Gasteiger partial charge in [0.25, 0.3) is 0 Å². The molecule has 0 spiro atoms. The van der Waals surface area contributed by atoms with Crippen molar-refractivity contribution in [3.8, 4) is 5.75 Å². The second-order valence-electron chi connectivity index (χ2n) is 4.22. The highest BCUT2D eigenvalue weighted by molar-refractivity contribution is 5.33. The van der Waals surface area contributed by atoms with Crippen LogP contribution in [-0.2, 0) is 7.05 Å². The minimum absolute atomic E-state index is 0.151. The van der Waals surface area contributed by atoms with Crippen LogP contribution in [0.4, 0.5) is 13.2 Å². The number of hydrogen-bond donors (Lipinski definition) is 1. The fraction of sp³-hybridized carbons (Fsp3) is 0.308. The maximum Gasteiger partial charge on any atom is 0.573 e. The molecule has 0 radical (unpaired) electrons. The van der Waals surface area contributed by atoms with Gasteiger partial charge in [-0.25, -0.2) is 0 Å². The number of alkyl halides is 3. The lowest BCUT2D eigenvalue weighted by Crippen LogP contribution is -2.21. The third kappa shape index (κ3) is 3.30. The molecule has 0 bridgehead atoms. The Morgan fingerprint density at radius 2 is 1.85 bits per heavy atom. The van der Waals surface area contributed by atoms with E-state index in [4.69, 9.17) is 0 Å². The van der Waals surface area contributed by atoms with Gasteiger partial charge < -0.3 is 10.1 Å². The highest BCUT2D eigenvalue weighted by atomic mass is 19.4. The van der Waals surface area contributed by atoms with Gasteiger partial charge in [-0.15, -0.1) is 13.2 Å². The number of nitrogens with zero attached hydrogens (tertiary/aromatic N) is 2. The fourth-order valence-electron chi connectivity index (χ4n) is 2.01. The van der Waals surface area contributed by atoms with Gasteiger partial charge in [0.1, 0.15) is 5.75 Å². The van der Waals surface area contributed by atoms with E-state index in [0.717, 1.165) is 11.3 Å². The van der Waals surface area contributed by atoms with Gasteiger partial charge in [0.05, 0.1) is 11.7 Å². The van der Waals surface area contributed by atoms with Crippen LogP contribution in [-0.4, -0.2) is 23.2 Å². The van der Waals surface area contributed by atoms with E-state index in [2.05, 4.69) is 15.2 Å². The summed E-state index contributed by atoms with van der Waals surface area (Å²) in [6.07, 6.45) is -3.01. The largest absolute Gasteiger partial charge is 0.573 e. The molecule has 20 heavy (non-hydrogen) atoms. The number of benzene rings is 1. The number of aromatic nitrogens is 2. The lowest BCUT2D eigenvalue weighted by atomic mass is 10.0. The van der Waals surface area contributed by atoms with Crippen LogP contribution in [0.5, 0.6) is 5.75 Å². The molecule has 0 amide bonds. The molecule has 108 valence electrons. The number of rotatable bonds is 4. The normalized spacial score (nSPS) is 13.2. The predicted octanol–water partition coefficient (Wildman–Crippen LogP) is 2.63. The molecule has 1 atom stereocenters. The van der Waals surface area contributed by atoms with Crippen LogP contribution in [0.1, 0.15) is 17.3 Å². The molecular formula is C13H14F3N3O. The van der Waals surface area contributed by atoms with Crippen molar-refractivity contribution in [3.05, 3.63) is 47.8 Å². The van der Waals surface area contributed by atoms with Crippen molar-refractivity contribution in [1.29, 1.82) is 0 Å². The molecule has 2 aromatic rings. The summed E-state index contributed by atoms with van der Waals surface area (Å²) in [5.41, 5.74) is 1.74. The molecule has 0 saturated heterocycles. The summed E-state index contributed by atoms with van der Waals surface area (Å²) >= 11 is 0. The number of halogens is 3. The predicted molar refractivity (Wildman–Crippen MR) is 67.2 cm³/mol. The van der Waals surface area contributed by atoms with Crippen molar-refractivity contribution >= 4 is 0 Å². The maximum absolute atomic E-state index is 12.1. The minimum Gasteiger partial charge on any atom is -0.406 e. The number of ether oxygens (including phenoxy) is 1. The zero-order valence-corrected chi connectivity index (χ0v) is 11.0. The molecule has 0 aliphatic carbocycles. The van der Waals surface area contributed by atoms with Crippen LogP contribution in [0.15, 0.2) is 36.5 Å². The lowest BCUT2D eigenvalue weighted by Gasteiger charge is -2.17. The minimum atomic E-state index is -4.67. The van der Waals surface area contributed by atoms with Gasteiger partial charge in [-0.05, 0) is 30.8 Å². The Kier molecular flexibility index (Phi) is 3.99. The van der Waals surface area contributed by atoms with E-state index in [9.17, 15) is 13.2 Å². The van der Waals surface area contributed by atoms with Crippen molar-refractivity contribution in [2.24, 2.45) is 7.05 Å². The SMILES string of the molecule is CNC(c1ccc(OC(F)(F)F)cc1)c1ccnn1C. The molecule has 0 saturated carbocycles. The average molecular weight is 285 g/mol. The van der Waals surface area contributed by atoms with Crippen LogP contribution < -0.4 is 10.1 Å². The third-order valence-corrected chi connectivity index (χ3v) is 2.89. The van der Waals surface area contributed by atoms with E-state index in [1.165, 1.54) is 12.1 Å². The van der Waals surface area contributed by atoms with E-state index >= 15 is 0 Å². The average Bonchev–Trinajstić information content (AvgIpc) is 2.77. The van der Waals surface area contributed by atoms with Crippen molar-refractivity contribution < 1.29 is 17.9 Å². The quantitative estimate of drug-likeness (QED) is 0.938. The summed E-state index contributed by atoms with van der Waals surface area (Å²) in [7, 11) is 3.58. The highest BCUT2D eigenvalue weighted by Crippen LogP contribution is 2.26. The Balaban J connectivity index is 2.22. The van der Waals surface area contributed by atoms with E-state index in [1.54, 1.807) is 37.1 Å². The van der Waals surface area contributed by atoms with Crippen molar-refractivity contribution in [2.75, 3.05) is 7.05 Å². The van der Waals surface area contributed by atoms with E-state index in [0.29, 0.717) is 0 Å². The van der Waals surface area contributed by atoms with Crippen LogP contribution >= 0.6 is 0 Å². The van der Waals surface area contributed by atoms with Crippen LogP contribution in [0, 0.1) is 0 Å². The second-order valence-corrected chi connectivity index (χ2v) is 4.22. The van der Waals surface area contributed by atoms with Crippen LogP contribution in [0.3, 0.4) is 0 Å².